The molecule has 0 fully saturated rings. The van der Waals surface area contributed by atoms with Crippen molar-refractivity contribution in [2.75, 3.05) is 39.3 Å². The zero-order chi connectivity index (χ0) is 53.0. The van der Waals surface area contributed by atoms with E-state index < -0.39 is 86.6 Å². The van der Waals surface area contributed by atoms with Gasteiger partial charge in [0.05, 0.1) is 14.7 Å². The number of sulfonamides is 3. The summed E-state index contributed by atoms with van der Waals surface area (Å²) in [5, 5.41) is 14.1. The van der Waals surface area contributed by atoms with Crippen LogP contribution in [0, 0.1) is 0 Å². The Morgan fingerprint density at radius 3 is 1.42 bits per heavy atom. The van der Waals surface area contributed by atoms with Crippen LogP contribution < -0.4 is 47.7 Å². The molecule has 0 bridgehead atoms. The number of carbonyl (C=O) groups excluding carboxylic acids is 4. The van der Waals surface area contributed by atoms with Gasteiger partial charge in [0.1, 0.15) is 5.75 Å². The van der Waals surface area contributed by atoms with Gasteiger partial charge in [0, 0.05) is 99.8 Å². The Morgan fingerprint density at radius 1 is 0.577 bits per heavy atom. The normalized spacial score (nSPS) is 13.5. The summed E-state index contributed by atoms with van der Waals surface area (Å²) < 4.78 is 98.9. The summed E-state index contributed by atoms with van der Waals surface area (Å²) in [5.74, 6) is -2.40. The van der Waals surface area contributed by atoms with Gasteiger partial charge in [-0.2, -0.15) is 4.31 Å². The van der Waals surface area contributed by atoms with Gasteiger partial charge >= 0.3 is 5.97 Å². The number of nitrogens with zero attached hydrogens (tertiary/aromatic N) is 1. The van der Waals surface area contributed by atoms with Crippen LogP contribution >= 0.6 is 0 Å². The largest absolute Gasteiger partial charge is 0.426 e. The lowest BCUT2D eigenvalue weighted by Gasteiger charge is -2.38. The maximum atomic E-state index is 16.2. The van der Waals surface area contributed by atoms with Gasteiger partial charge in [-0.05, 0) is 110 Å². The van der Waals surface area contributed by atoms with Gasteiger partial charge in [-0.1, -0.05) is 37.9 Å². The van der Waals surface area contributed by atoms with Crippen molar-refractivity contribution in [2.45, 2.75) is 118 Å². The molecular formula is C48H69N9O11S3. The smallest absolute Gasteiger partial charge is 0.308 e. The fraction of sp³-hybridized carbons (Fsp3) is 0.458. The molecule has 23 heteroatoms. The highest BCUT2D eigenvalue weighted by Gasteiger charge is 2.40. The van der Waals surface area contributed by atoms with Crippen molar-refractivity contribution >= 4 is 86.1 Å². The summed E-state index contributed by atoms with van der Waals surface area (Å²) >= 11 is 0. The molecule has 12 N–H and O–H groups in total. The molecular weight excluding hydrogens is 975 g/mol. The lowest BCUT2D eigenvalue weighted by molar-refractivity contribution is -0.131. The van der Waals surface area contributed by atoms with E-state index >= 15 is 16.8 Å². The molecule has 0 aliphatic carbocycles. The zero-order valence-corrected chi connectivity index (χ0v) is 43.3. The molecule has 390 valence electrons. The molecule has 0 radical (unpaired) electrons. The Hall–Kier alpha value is -5.37. The molecule has 0 saturated carbocycles. The van der Waals surface area contributed by atoms with E-state index in [4.69, 9.17) is 27.1 Å². The van der Waals surface area contributed by atoms with Gasteiger partial charge in [0.25, 0.3) is 0 Å². The lowest BCUT2D eigenvalue weighted by Crippen LogP contribution is -2.49. The van der Waals surface area contributed by atoms with Crippen molar-refractivity contribution < 1.29 is 49.2 Å². The second-order valence-electron chi connectivity index (χ2n) is 17.7. The van der Waals surface area contributed by atoms with E-state index in [-0.39, 0.29) is 133 Å². The molecule has 0 heterocycles. The van der Waals surface area contributed by atoms with Crippen molar-refractivity contribution in [1.29, 1.82) is 0 Å². The number of hydrogen-bond acceptors (Lipinski definition) is 14. The van der Waals surface area contributed by atoms with E-state index in [2.05, 4.69) is 40.4 Å². The number of primary sulfonamides is 1. The summed E-state index contributed by atoms with van der Waals surface area (Å²) in [5.41, 5.74) is 18.6. The first-order valence-electron chi connectivity index (χ1n) is 23.3. The Kier molecular flexibility index (Phi) is 20.8. The summed E-state index contributed by atoms with van der Waals surface area (Å²) in [7, 11) is -14.3. The van der Waals surface area contributed by atoms with Crippen molar-refractivity contribution in [3.05, 3.63) is 72.9 Å². The molecule has 0 aliphatic heterocycles. The number of amides is 3. The molecule has 4 aromatic rings. The minimum absolute atomic E-state index is 0.00272. The fourth-order valence-electron chi connectivity index (χ4n) is 8.51. The van der Waals surface area contributed by atoms with Crippen LogP contribution in [0.1, 0.15) is 85.5 Å². The second kappa shape index (κ2) is 25.3. The molecule has 71 heavy (non-hydrogen) atoms. The first-order chi connectivity index (χ1) is 33.3. The summed E-state index contributed by atoms with van der Waals surface area (Å²) in [6, 6.07) is 5.10. The van der Waals surface area contributed by atoms with Gasteiger partial charge in [-0.25, -0.2) is 35.1 Å². The van der Waals surface area contributed by atoms with Crippen LogP contribution in [0.15, 0.2) is 87.5 Å². The Labute approximate surface area is 416 Å². The minimum Gasteiger partial charge on any atom is -0.426 e. The van der Waals surface area contributed by atoms with E-state index in [1.54, 1.807) is 0 Å². The van der Waals surface area contributed by atoms with Crippen LogP contribution in [0.25, 0.3) is 32.3 Å². The number of esters is 1. The maximum absolute atomic E-state index is 16.2. The molecule has 20 nitrogen and oxygen atoms in total. The predicted octanol–water partition coefficient (Wildman–Crippen LogP) is 3.00. The number of ether oxygens (including phenoxy) is 1. The average Bonchev–Trinajstić information content (AvgIpc) is 3.29. The number of nitrogens with one attached hydrogen (secondary N) is 4. The molecule has 3 unspecified atom stereocenters. The first-order valence-corrected chi connectivity index (χ1v) is 27.8. The second-order valence-corrected chi connectivity index (χ2v) is 22.7. The summed E-state index contributed by atoms with van der Waals surface area (Å²) in [6.45, 7) is 17.3. The van der Waals surface area contributed by atoms with E-state index in [9.17, 15) is 27.6 Å². The van der Waals surface area contributed by atoms with Gasteiger partial charge < -0.3 is 37.9 Å². The topological polar surface area (TPSA) is 335 Å². The van der Waals surface area contributed by atoms with Crippen LogP contribution in [-0.4, -0.2) is 111 Å². The van der Waals surface area contributed by atoms with E-state index in [1.807, 2.05) is 0 Å². The van der Waals surface area contributed by atoms with E-state index in [0.717, 1.165) is 19.1 Å². The molecule has 3 amide bonds. The van der Waals surface area contributed by atoms with Gasteiger partial charge in [-0.3, -0.25) is 19.2 Å². The summed E-state index contributed by atoms with van der Waals surface area (Å²) in [6.07, 6.45) is 1.84. The monoisotopic (exact) mass is 1040 g/mol. The quantitative estimate of drug-likeness (QED) is 0.0161. The number of benzene rings is 4. The third-order valence-corrected chi connectivity index (χ3v) is 16.5. The van der Waals surface area contributed by atoms with Gasteiger partial charge in [0.15, 0.2) is 0 Å². The third kappa shape index (κ3) is 14.6. The average molecular weight is 1040 g/mol. The third-order valence-electron chi connectivity index (χ3n) is 11.9. The van der Waals surface area contributed by atoms with Crippen LogP contribution in [-0.2, 0) is 49.2 Å². The molecule has 0 saturated heterocycles. The SMILES string of the molecule is C=C(C)C(=O)NCCC(CCCN)NS(=O)(=O)c1cc(S(=O)(=O)N(C(CCCN)CCNC(=O)C(=C)C)C(CCCN)CCNC(=O)C(=C)C)c2ccc3c(S(N)(=O)=O)cc(OC(C)=O)c4ccc1c2c43. The number of hydrogen-bond donors (Lipinski definition) is 8. The van der Waals surface area contributed by atoms with Crippen molar-refractivity contribution in [3.63, 3.8) is 0 Å². The number of nitrogens with two attached hydrogens (primary N) is 4. The number of carbonyl (C=O) groups is 4. The standard InChI is InChI=1S/C48H69N9O11S3/c1-29(2)46(59)53-24-18-33(11-8-21-49)56-70(64,65)42-28-43(39-17-16-37-41(69(52,62)63)27-40(68-32(7)58)36-14-15-38(42)45(39)44(36)37)71(66,67)57(34(12-9-22-50)19-25-54-47(60)30(3)4)35(13-10-23-51)20-26-55-48(61)31(5)6/h14-17,27-28,33-35,56H,1,3,5,8-13,18-26,49-51H2,2,4,6-7H3,(H,53,59)(H,54,60)(H,55,61)(H2,52,62,63). The number of rotatable bonds is 30. The molecule has 4 aromatic carbocycles. The first kappa shape index (κ1) is 58.2. The van der Waals surface area contributed by atoms with Crippen molar-refractivity contribution in [1.82, 2.24) is 25.0 Å². The van der Waals surface area contributed by atoms with Crippen LogP contribution in [0.3, 0.4) is 0 Å². The zero-order valence-electron chi connectivity index (χ0n) is 40.9. The lowest BCUT2D eigenvalue weighted by atomic mass is 9.93. The Morgan fingerprint density at radius 2 is 0.986 bits per heavy atom. The maximum Gasteiger partial charge on any atom is 0.308 e. The van der Waals surface area contributed by atoms with Crippen LogP contribution in [0.4, 0.5) is 0 Å². The van der Waals surface area contributed by atoms with E-state index in [0.29, 0.717) is 19.3 Å². The van der Waals surface area contributed by atoms with Crippen LogP contribution in [0.2, 0.25) is 0 Å². The molecule has 4 rings (SSSR count). The van der Waals surface area contributed by atoms with Crippen molar-refractivity contribution in [2.24, 2.45) is 22.3 Å². The highest BCUT2D eigenvalue weighted by Crippen LogP contribution is 2.46. The Bertz CT molecular complexity index is 2950. The van der Waals surface area contributed by atoms with Gasteiger partial charge in [0.2, 0.25) is 47.8 Å². The Balaban J connectivity index is 2.20. The van der Waals surface area contributed by atoms with Gasteiger partial charge in [-0.15, -0.1) is 0 Å². The van der Waals surface area contributed by atoms with Crippen LogP contribution in [0.5, 0.6) is 5.75 Å². The summed E-state index contributed by atoms with van der Waals surface area (Å²) in [4.78, 5) is 48.9. The molecule has 3 atom stereocenters. The van der Waals surface area contributed by atoms with Crippen molar-refractivity contribution in [3.8, 4) is 5.75 Å². The molecule has 0 aliphatic rings. The fourth-order valence-corrected chi connectivity index (χ4v) is 13.0. The highest BCUT2D eigenvalue weighted by molar-refractivity contribution is 7.90. The van der Waals surface area contributed by atoms with E-state index in [1.165, 1.54) is 49.3 Å². The minimum atomic E-state index is -4.95. The highest BCUT2D eigenvalue weighted by atomic mass is 32.2. The molecule has 0 aromatic heterocycles. The predicted molar refractivity (Wildman–Crippen MR) is 276 cm³/mol. The molecule has 0 spiro atoms.